The molecular formula is C14H12F2N2O2. The molecule has 0 N–H and O–H groups in total. The summed E-state index contributed by atoms with van der Waals surface area (Å²) in [5.41, 5.74) is -0.424. The van der Waals surface area contributed by atoms with Gasteiger partial charge in [-0.25, -0.2) is 8.78 Å². The van der Waals surface area contributed by atoms with Gasteiger partial charge in [-0.3, -0.25) is 9.59 Å². The molecule has 1 aromatic carbocycles. The molecular weight excluding hydrogens is 266 g/mol. The van der Waals surface area contributed by atoms with Crippen LogP contribution in [0.4, 0.5) is 14.5 Å². The van der Waals surface area contributed by atoms with E-state index in [1.54, 1.807) is 6.07 Å². The number of carbonyl (C=O) groups is 2. The van der Waals surface area contributed by atoms with Crippen LogP contribution in [0.25, 0.3) is 0 Å². The fourth-order valence-corrected chi connectivity index (χ4v) is 2.34. The van der Waals surface area contributed by atoms with Crippen LogP contribution in [-0.4, -0.2) is 18.2 Å². The smallest absolute Gasteiger partial charge is 0.237 e. The summed E-state index contributed by atoms with van der Waals surface area (Å²) in [4.78, 5) is 24.9. The van der Waals surface area contributed by atoms with Gasteiger partial charge in [-0.1, -0.05) is 6.07 Å². The highest BCUT2D eigenvalue weighted by molar-refractivity contribution is 6.09. The second-order valence-corrected chi connectivity index (χ2v) is 4.56. The van der Waals surface area contributed by atoms with Gasteiger partial charge in [-0.2, -0.15) is 5.26 Å². The van der Waals surface area contributed by atoms with Crippen molar-refractivity contribution in [3.8, 4) is 6.07 Å². The lowest BCUT2D eigenvalue weighted by Crippen LogP contribution is -2.45. The van der Waals surface area contributed by atoms with E-state index in [1.165, 1.54) is 6.07 Å². The Morgan fingerprint density at radius 2 is 2.05 bits per heavy atom. The molecule has 1 aromatic rings. The van der Waals surface area contributed by atoms with Crippen molar-refractivity contribution in [1.29, 1.82) is 5.26 Å². The maximum absolute atomic E-state index is 13.7. The number of rotatable bonds is 3. The zero-order chi connectivity index (χ0) is 14.7. The minimum atomic E-state index is -0.984. The van der Waals surface area contributed by atoms with Crippen molar-refractivity contribution in [3.05, 3.63) is 29.8 Å². The lowest BCUT2D eigenvalue weighted by atomic mass is 9.91. The molecule has 1 amide bonds. The van der Waals surface area contributed by atoms with Crippen molar-refractivity contribution in [1.82, 2.24) is 0 Å². The Morgan fingerprint density at radius 3 is 2.65 bits per heavy atom. The first kappa shape index (κ1) is 14.1. The summed E-state index contributed by atoms with van der Waals surface area (Å²) >= 11 is 0. The second-order valence-electron chi connectivity index (χ2n) is 4.56. The number of hydrogen-bond acceptors (Lipinski definition) is 3. The molecule has 1 aliphatic rings. The Morgan fingerprint density at radius 1 is 1.40 bits per heavy atom. The van der Waals surface area contributed by atoms with Crippen LogP contribution in [-0.2, 0) is 9.59 Å². The topological polar surface area (TPSA) is 61.2 Å². The first-order valence-electron chi connectivity index (χ1n) is 6.21. The molecule has 0 bridgehead atoms. The molecule has 1 aliphatic heterocycles. The van der Waals surface area contributed by atoms with E-state index >= 15 is 0 Å². The van der Waals surface area contributed by atoms with Crippen molar-refractivity contribution in [2.75, 3.05) is 11.4 Å². The largest absolute Gasteiger partial charge is 0.307 e. The minimum Gasteiger partial charge on any atom is -0.307 e. The number of amides is 1. The van der Waals surface area contributed by atoms with Crippen LogP contribution in [0.15, 0.2) is 18.2 Å². The van der Waals surface area contributed by atoms with E-state index in [2.05, 4.69) is 0 Å². The molecule has 1 fully saturated rings. The van der Waals surface area contributed by atoms with Crippen molar-refractivity contribution in [2.24, 2.45) is 5.92 Å². The van der Waals surface area contributed by atoms with E-state index in [4.69, 9.17) is 5.26 Å². The fraction of sp³-hybridized carbons (Fsp3) is 0.357. The van der Waals surface area contributed by atoms with Crippen LogP contribution in [0.3, 0.4) is 0 Å². The SMILES string of the molecule is N#CCC(=O)[C@@H]1CCCN(c2c(F)cccc2F)C1=O. The summed E-state index contributed by atoms with van der Waals surface area (Å²) in [7, 11) is 0. The number of nitrogens with zero attached hydrogens (tertiary/aromatic N) is 2. The molecule has 0 spiro atoms. The number of anilines is 1. The van der Waals surface area contributed by atoms with Crippen LogP contribution >= 0.6 is 0 Å². The number of hydrogen-bond donors (Lipinski definition) is 0. The lowest BCUT2D eigenvalue weighted by molar-refractivity contribution is -0.133. The summed E-state index contributed by atoms with van der Waals surface area (Å²) in [6.45, 7) is 0.160. The minimum absolute atomic E-state index is 0.160. The van der Waals surface area contributed by atoms with Gasteiger partial charge in [0.25, 0.3) is 0 Å². The summed E-state index contributed by atoms with van der Waals surface area (Å²) < 4.78 is 27.4. The monoisotopic (exact) mass is 278 g/mol. The zero-order valence-corrected chi connectivity index (χ0v) is 10.6. The van der Waals surface area contributed by atoms with Gasteiger partial charge in [0.05, 0.1) is 18.4 Å². The van der Waals surface area contributed by atoms with E-state index in [0.29, 0.717) is 12.8 Å². The highest BCUT2D eigenvalue weighted by Crippen LogP contribution is 2.29. The number of nitriles is 1. The molecule has 1 heterocycles. The van der Waals surface area contributed by atoms with Crippen molar-refractivity contribution in [2.45, 2.75) is 19.3 Å². The van der Waals surface area contributed by atoms with Crippen LogP contribution in [0.5, 0.6) is 0 Å². The van der Waals surface area contributed by atoms with Gasteiger partial charge in [0.15, 0.2) is 5.78 Å². The quantitative estimate of drug-likeness (QED) is 0.796. The molecule has 0 unspecified atom stereocenters. The highest BCUT2D eigenvalue weighted by Gasteiger charge is 2.36. The third kappa shape index (κ3) is 2.52. The van der Waals surface area contributed by atoms with E-state index < -0.39 is 34.9 Å². The number of ketones is 1. The number of halogens is 2. The number of piperidine rings is 1. The van der Waals surface area contributed by atoms with Gasteiger partial charge in [-0.05, 0) is 25.0 Å². The van der Waals surface area contributed by atoms with Crippen molar-refractivity contribution < 1.29 is 18.4 Å². The van der Waals surface area contributed by atoms with Crippen LogP contribution in [0.1, 0.15) is 19.3 Å². The molecule has 0 saturated carbocycles. The van der Waals surface area contributed by atoms with Gasteiger partial charge < -0.3 is 4.90 Å². The average molecular weight is 278 g/mol. The zero-order valence-electron chi connectivity index (χ0n) is 10.6. The fourth-order valence-electron chi connectivity index (χ4n) is 2.34. The van der Waals surface area contributed by atoms with Gasteiger partial charge in [0, 0.05) is 6.54 Å². The van der Waals surface area contributed by atoms with E-state index in [1.807, 2.05) is 0 Å². The standard InChI is InChI=1S/C14H12F2N2O2/c15-10-4-1-5-11(16)13(10)18-8-2-3-9(14(18)20)12(19)6-7-17/h1,4-5,9H,2-3,6,8H2/t9-/m0/s1. The molecule has 0 radical (unpaired) electrons. The normalized spacial score (nSPS) is 18.8. The van der Waals surface area contributed by atoms with Gasteiger partial charge >= 0.3 is 0 Å². The van der Waals surface area contributed by atoms with Crippen LogP contribution < -0.4 is 4.90 Å². The summed E-state index contributed by atoms with van der Waals surface area (Å²) in [6.07, 6.45) is 0.400. The second kappa shape index (κ2) is 5.78. The Balaban J connectivity index is 2.32. The van der Waals surface area contributed by atoms with E-state index in [0.717, 1.165) is 17.0 Å². The Hall–Kier alpha value is -2.29. The Labute approximate surface area is 114 Å². The molecule has 0 aromatic heterocycles. The van der Waals surface area contributed by atoms with Crippen molar-refractivity contribution in [3.63, 3.8) is 0 Å². The highest BCUT2D eigenvalue weighted by atomic mass is 19.1. The number of para-hydroxylation sites is 1. The van der Waals surface area contributed by atoms with Crippen LogP contribution in [0.2, 0.25) is 0 Å². The average Bonchev–Trinajstić information content (AvgIpc) is 2.40. The van der Waals surface area contributed by atoms with E-state index in [9.17, 15) is 18.4 Å². The van der Waals surface area contributed by atoms with Gasteiger partial charge in [0.1, 0.15) is 17.3 Å². The molecule has 20 heavy (non-hydrogen) atoms. The van der Waals surface area contributed by atoms with Gasteiger partial charge in [-0.15, -0.1) is 0 Å². The predicted molar refractivity (Wildman–Crippen MR) is 66.7 cm³/mol. The maximum atomic E-state index is 13.7. The molecule has 1 atom stereocenters. The number of Topliss-reactive ketones (excluding diaryl/α,β-unsaturated/α-hetero) is 1. The third-order valence-corrected chi connectivity index (χ3v) is 3.29. The van der Waals surface area contributed by atoms with Crippen molar-refractivity contribution >= 4 is 17.4 Å². The predicted octanol–water partition coefficient (Wildman–Crippen LogP) is 2.19. The van der Waals surface area contributed by atoms with Gasteiger partial charge in [0.2, 0.25) is 5.91 Å². The summed E-state index contributed by atoms with van der Waals surface area (Å²) in [5, 5.41) is 8.51. The molecule has 104 valence electrons. The summed E-state index contributed by atoms with van der Waals surface area (Å²) in [5.74, 6) is -3.81. The van der Waals surface area contributed by atoms with E-state index in [-0.39, 0.29) is 13.0 Å². The molecule has 4 nitrogen and oxygen atoms in total. The lowest BCUT2D eigenvalue weighted by Gasteiger charge is -2.31. The molecule has 0 aliphatic carbocycles. The number of benzene rings is 1. The summed E-state index contributed by atoms with van der Waals surface area (Å²) in [6, 6.07) is 5.03. The van der Waals surface area contributed by atoms with Crippen LogP contribution in [0, 0.1) is 28.9 Å². The third-order valence-electron chi connectivity index (χ3n) is 3.29. The first-order valence-corrected chi connectivity index (χ1v) is 6.21. The first-order chi connectivity index (χ1) is 9.56. The Bertz CT molecular complexity index is 575. The molecule has 2 rings (SSSR count). The molecule has 6 heteroatoms. The Kier molecular flexibility index (Phi) is 4.08. The molecule has 1 saturated heterocycles. The maximum Gasteiger partial charge on any atom is 0.237 e. The number of carbonyl (C=O) groups excluding carboxylic acids is 2.